The molecule has 0 fully saturated rings. The Bertz CT molecular complexity index is 1150. The molecule has 5 nitrogen and oxygen atoms in total. The topological polar surface area (TPSA) is 61.8 Å². The van der Waals surface area contributed by atoms with E-state index in [9.17, 15) is 4.79 Å². The van der Waals surface area contributed by atoms with Crippen molar-refractivity contribution < 1.29 is 18.3 Å². The molecule has 26 heavy (non-hydrogen) atoms. The summed E-state index contributed by atoms with van der Waals surface area (Å²) in [6, 6.07) is 11.0. The standard InChI is InChI=1S/C20H15BrO5/c1-11-9-15(22)16-17(23-2)14-7-8-24-18(14)20(19(16)26-11)25-10-12-3-5-13(21)6-4-12/h3-9H,10H2,1-2H3. The van der Waals surface area contributed by atoms with Crippen molar-refractivity contribution in [3.05, 3.63) is 68.7 Å². The van der Waals surface area contributed by atoms with Gasteiger partial charge in [-0.25, -0.2) is 0 Å². The number of methoxy groups -OCH3 is 1. The second-order valence-electron chi connectivity index (χ2n) is 5.87. The number of ether oxygens (including phenoxy) is 2. The molecule has 0 unspecified atom stereocenters. The third kappa shape index (κ3) is 2.76. The zero-order valence-corrected chi connectivity index (χ0v) is 15.8. The molecule has 4 rings (SSSR count). The fourth-order valence-corrected chi connectivity index (χ4v) is 3.23. The number of rotatable bonds is 4. The lowest BCUT2D eigenvalue weighted by Gasteiger charge is -2.13. The quantitative estimate of drug-likeness (QED) is 0.459. The van der Waals surface area contributed by atoms with Crippen LogP contribution in [0.1, 0.15) is 11.3 Å². The zero-order chi connectivity index (χ0) is 18.3. The lowest BCUT2D eigenvalue weighted by molar-refractivity contribution is 0.303. The zero-order valence-electron chi connectivity index (χ0n) is 14.2. The van der Waals surface area contributed by atoms with Crippen LogP contribution >= 0.6 is 15.9 Å². The minimum Gasteiger partial charge on any atom is -0.495 e. The van der Waals surface area contributed by atoms with E-state index in [1.165, 1.54) is 19.4 Å². The average Bonchev–Trinajstić information content (AvgIpc) is 3.09. The van der Waals surface area contributed by atoms with Crippen molar-refractivity contribution in [2.75, 3.05) is 7.11 Å². The minimum absolute atomic E-state index is 0.183. The van der Waals surface area contributed by atoms with E-state index >= 15 is 0 Å². The molecular formula is C20H15BrO5. The predicted molar refractivity (Wildman–Crippen MR) is 102 cm³/mol. The monoisotopic (exact) mass is 414 g/mol. The third-order valence-electron chi connectivity index (χ3n) is 4.12. The van der Waals surface area contributed by atoms with Gasteiger partial charge in [-0.3, -0.25) is 4.79 Å². The fraction of sp³-hybridized carbons (Fsp3) is 0.150. The predicted octanol–water partition coefficient (Wildman–Crippen LogP) is 5.20. The molecule has 0 aliphatic carbocycles. The minimum atomic E-state index is -0.183. The Hall–Kier alpha value is -2.73. The Morgan fingerprint density at radius 3 is 2.58 bits per heavy atom. The van der Waals surface area contributed by atoms with E-state index in [0.29, 0.717) is 45.8 Å². The normalized spacial score (nSPS) is 11.2. The number of halogens is 1. The van der Waals surface area contributed by atoms with Crippen LogP contribution in [0.3, 0.4) is 0 Å². The highest BCUT2D eigenvalue weighted by Gasteiger charge is 2.22. The molecule has 0 amide bonds. The first-order valence-corrected chi connectivity index (χ1v) is 8.76. The molecular weight excluding hydrogens is 400 g/mol. The Labute approximate surface area is 157 Å². The lowest BCUT2D eigenvalue weighted by atomic mass is 10.1. The maximum Gasteiger partial charge on any atom is 0.206 e. The van der Waals surface area contributed by atoms with Crippen molar-refractivity contribution in [3.63, 3.8) is 0 Å². The van der Waals surface area contributed by atoms with Crippen LogP contribution in [0.25, 0.3) is 21.9 Å². The molecule has 0 saturated carbocycles. The highest BCUT2D eigenvalue weighted by atomic mass is 79.9. The van der Waals surface area contributed by atoms with Crippen LogP contribution in [0, 0.1) is 6.92 Å². The molecule has 0 aliphatic heterocycles. The largest absolute Gasteiger partial charge is 0.495 e. The van der Waals surface area contributed by atoms with Crippen molar-refractivity contribution in [3.8, 4) is 11.5 Å². The van der Waals surface area contributed by atoms with Crippen LogP contribution in [-0.4, -0.2) is 7.11 Å². The van der Waals surface area contributed by atoms with E-state index in [0.717, 1.165) is 10.0 Å². The molecule has 4 aromatic rings. The van der Waals surface area contributed by atoms with E-state index in [-0.39, 0.29) is 5.43 Å². The van der Waals surface area contributed by atoms with Crippen LogP contribution in [0.15, 0.2) is 60.8 Å². The molecule has 132 valence electrons. The summed E-state index contributed by atoms with van der Waals surface area (Å²) in [5.74, 6) is 1.31. The number of hydrogen-bond donors (Lipinski definition) is 0. The number of benzene rings is 2. The molecule has 6 heteroatoms. The van der Waals surface area contributed by atoms with Crippen molar-refractivity contribution in [1.29, 1.82) is 0 Å². The van der Waals surface area contributed by atoms with Gasteiger partial charge in [0.05, 0.1) is 18.8 Å². The van der Waals surface area contributed by atoms with Gasteiger partial charge < -0.3 is 18.3 Å². The molecule has 0 atom stereocenters. The second kappa shape index (κ2) is 6.53. The number of hydrogen-bond acceptors (Lipinski definition) is 5. The Balaban J connectivity index is 1.92. The van der Waals surface area contributed by atoms with Crippen LogP contribution < -0.4 is 14.9 Å². The van der Waals surface area contributed by atoms with Crippen LogP contribution in [-0.2, 0) is 6.61 Å². The maximum atomic E-state index is 12.6. The molecule has 0 radical (unpaired) electrons. The third-order valence-corrected chi connectivity index (χ3v) is 4.65. The first-order chi connectivity index (χ1) is 12.6. The van der Waals surface area contributed by atoms with Crippen molar-refractivity contribution in [1.82, 2.24) is 0 Å². The molecule has 0 aliphatic rings. The maximum absolute atomic E-state index is 12.6. The van der Waals surface area contributed by atoms with E-state index < -0.39 is 0 Å². The highest BCUT2D eigenvalue weighted by Crippen LogP contribution is 2.42. The molecule has 0 N–H and O–H groups in total. The summed E-state index contributed by atoms with van der Waals surface area (Å²) >= 11 is 3.41. The smallest absolute Gasteiger partial charge is 0.206 e. The molecule has 0 bridgehead atoms. The van der Waals surface area contributed by atoms with Crippen molar-refractivity contribution in [2.24, 2.45) is 0 Å². The number of furan rings is 1. The van der Waals surface area contributed by atoms with Crippen LogP contribution in [0.2, 0.25) is 0 Å². The van der Waals surface area contributed by atoms with E-state index in [2.05, 4.69) is 15.9 Å². The SMILES string of the molecule is COc1c2ccoc2c(OCc2ccc(Br)cc2)c2oc(C)cc(=O)c12. The molecule has 0 spiro atoms. The summed E-state index contributed by atoms with van der Waals surface area (Å²) in [7, 11) is 1.52. The Morgan fingerprint density at radius 1 is 1.08 bits per heavy atom. The van der Waals surface area contributed by atoms with E-state index in [1.807, 2.05) is 24.3 Å². The summed E-state index contributed by atoms with van der Waals surface area (Å²) in [6.45, 7) is 2.03. The van der Waals surface area contributed by atoms with E-state index in [4.69, 9.17) is 18.3 Å². The van der Waals surface area contributed by atoms with Crippen LogP contribution in [0.5, 0.6) is 11.5 Å². The van der Waals surface area contributed by atoms with Gasteiger partial charge in [-0.2, -0.15) is 0 Å². The Kier molecular flexibility index (Phi) is 4.20. The lowest BCUT2D eigenvalue weighted by Crippen LogP contribution is -2.05. The number of fused-ring (bicyclic) bond motifs is 2. The van der Waals surface area contributed by atoms with Gasteiger partial charge in [0.1, 0.15) is 23.5 Å². The first kappa shape index (κ1) is 16.7. The van der Waals surface area contributed by atoms with Gasteiger partial charge in [-0.1, -0.05) is 28.1 Å². The average molecular weight is 415 g/mol. The Morgan fingerprint density at radius 2 is 1.85 bits per heavy atom. The summed E-state index contributed by atoms with van der Waals surface area (Å²) in [5, 5.41) is 1.01. The second-order valence-corrected chi connectivity index (χ2v) is 6.78. The van der Waals surface area contributed by atoms with Gasteiger partial charge in [0.2, 0.25) is 5.75 Å². The fourth-order valence-electron chi connectivity index (χ4n) is 2.97. The molecule has 0 saturated heterocycles. The summed E-state index contributed by atoms with van der Waals surface area (Å²) < 4.78 is 23.9. The molecule has 2 heterocycles. The first-order valence-electron chi connectivity index (χ1n) is 7.97. The van der Waals surface area contributed by atoms with Gasteiger partial charge in [0.15, 0.2) is 16.6 Å². The van der Waals surface area contributed by atoms with Gasteiger partial charge >= 0.3 is 0 Å². The summed E-state index contributed by atoms with van der Waals surface area (Å²) in [4.78, 5) is 12.6. The van der Waals surface area contributed by atoms with E-state index in [1.54, 1.807) is 13.0 Å². The molecule has 2 aromatic heterocycles. The highest BCUT2D eigenvalue weighted by molar-refractivity contribution is 9.10. The number of aryl methyl sites for hydroxylation is 1. The van der Waals surface area contributed by atoms with Gasteiger partial charge in [0.25, 0.3) is 0 Å². The van der Waals surface area contributed by atoms with Crippen LogP contribution in [0.4, 0.5) is 0 Å². The molecule has 2 aromatic carbocycles. The summed E-state index contributed by atoms with van der Waals surface area (Å²) in [5.41, 5.74) is 1.61. The van der Waals surface area contributed by atoms with Crippen molar-refractivity contribution >= 4 is 37.9 Å². The van der Waals surface area contributed by atoms with Gasteiger partial charge in [-0.15, -0.1) is 0 Å². The van der Waals surface area contributed by atoms with Gasteiger partial charge in [0, 0.05) is 10.5 Å². The van der Waals surface area contributed by atoms with Gasteiger partial charge in [-0.05, 0) is 30.7 Å². The summed E-state index contributed by atoms with van der Waals surface area (Å²) in [6.07, 6.45) is 1.54. The van der Waals surface area contributed by atoms with Crippen molar-refractivity contribution in [2.45, 2.75) is 13.5 Å².